The zero-order chi connectivity index (χ0) is 15.8. The minimum atomic E-state index is 0.671. The van der Waals surface area contributed by atoms with Gasteiger partial charge in [-0.25, -0.2) is 4.98 Å². The molecule has 1 saturated heterocycles. The Morgan fingerprint density at radius 1 is 1.17 bits per heavy atom. The Morgan fingerprint density at radius 3 is 2.83 bits per heavy atom. The molecule has 0 spiro atoms. The number of hydrogen-bond donors (Lipinski definition) is 1. The third kappa shape index (κ3) is 2.51. The van der Waals surface area contributed by atoms with Gasteiger partial charge < -0.3 is 19.8 Å². The second-order valence-corrected chi connectivity index (χ2v) is 5.77. The molecule has 6 heteroatoms. The number of imidazole rings is 1. The second-order valence-electron chi connectivity index (χ2n) is 5.77. The van der Waals surface area contributed by atoms with E-state index in [1.807, 2.05) is 25.4 Å². The molecule has 0 atom stereocenters. The van der Waals surface area contributed by atoms with Crippen LogP contribution >= 0.6 is 0 Å². The monoisotopic (exact) mass is 309 g/mol. The molecule has 0 aromatic carbocycles. The van der Waals surface area contributed by atoms with E-state index in [2.05, 4.69) is 31.5 Å². The van der Waals surface area contributed by atoms with Gasteiger partial charge in [0.15, 0.2) is 5.65 Å². The topological polar surface area (TPSA) is 68.7 Å². The molecule has 0 amide bonds. The van der Waals surface area contributed by atoms with Gasteiger partial charge in [0.25, 0.3) is 0 Å². The van der Waals surface area contributed by atoms with Gasteiger partial charge in [-0.2, -0.15) is 0 Å². The summed E-state index contributed by atoms with van der Waals surface area (Å²) in [6.45, 7) is 5.24. The lowest BCUT2D eigenvalue weighted by Gasteiger charge is -2.29. The van der Waals surface area contributed by atoms with Gasteiger partial charge >= 0.3 is 0 Å². The second kappa shape index (κ2) is 5.55. The molecule has 1 aliphatic heterocycles. The Kier molecular flexibility index (Phi) is 3.38. The van der Waals surface area contributed by atoms with E-state index in [9.17, 15) is 0 Å². The number of nitrogens with zero attached hydrogens (tertiary/aromatic N) is 4. The smallest absolute Gasteiger partial charge is 0.160 e. The minimum absolute atomic E-state index is 0.671. The van der Waals surface area contributed by atoms with Crippen molar-refractivity contribution >= 4 is 17.0 Å². The van der Waals surface area contributed by atoms with Crippen LogP contribution in [0.3, 0.4) is 0 Å². The van der Waals surface area contributed by atoms with Gasteiger partial charge in [-0.15, -0.1) is 0 Å². The van der Waals surface area contributed by atoms with Gasteiger partial charge in [-0.3, -0.25) is 4.98 Å². The summed E-state index contributed by atoms with van der Waals surface area (Å²) in [5.41, 5.74) is 11.8. The number of ether oxygens (including phenoxy) is 1. The quantitative estimate of drug-likeness (QED) is 0.785. The van der Waals surface area contributed by atoms with E-state index in [-0.39, 0.29) is 0 Å². The summed E-state index contributed by atoms with van der Waals surface area (Å²) >= 11 is 0. The van der Waals surface area contributed by atoms with Crippen molar-refractivity contribution in [3.8, 4) is 11.1 Å². The van der Waals surface area contributed by atoms with E-state index in [1.54, 1.807) is 6.20 Å². The van der Waals surface area contributed by atoms with E-state index in [0.717, 1.165) is 54.5 Å². The lowest BCUT2D eigenvalue weighted by Crippen LogP contribution is -2.36. The van der Waals surface area contributed by atoms with E-state index >= 15 is 0 Å². The molecule has 6 nitrogen and oxygen atoms in total. The van der Waals surface area contributed by atoms with Gasteiger partial charge in [0, 0.05) is 48.5 Å². The molecule has 23 heavy (non-hydrogen) atoms. The number of pyridine rings is 2. The number of nitrogens with two attached hydrogens (primary N) is 1. The van der Waals surface area contributed by atoms with Crippen molar-refractivity contribution in [1.29, 1.82) is 0 Å². The standard InChI is InChI=1S/C17H19N5O/c1-12-15(9-14(18)10-20-12)13-8-16(21-4-6-23-7-5-21)17-19-2-3-22(17)11-13/h2-3,8-11H,4-7,18H2,1H3. The van der Waals surface area contributed by atoms with Gasteiger partial charge in [0.05, 0.1) is 30.8 Å². The zero-order valence-electron chi connectivity index (χ0n) is 13.1. The fourth-order valence-electron chi connectivity index (χ4n) is 3.04. The Hall–Kier alpha value is -2.60. The maximum atomic E-state index is 5.93. The molecule has 0 bridgehead atoms. The highest BCUT2D eigenvalue weighted by Crippen LogP contribution is 2.30. The zero-order valence-corrected chi connectivity index (χ0v) is 13.1. The van der Waals surface area contributed by atoms with Crippen molar-refractivity contribution in [2.24, 2.45) is 0 Å². The first kappa shape index (κ1) is 14.0. The van der Waals surface area contributed by atoms with Crippen molar-refractivity contribution in [3.05, 3.63) is 42.6 Å². The molecular weight excluding hydrogens is 290 g/mol. The Labute approximate surface area is 134 Å². The number of nitrogen functional groups attached to an aromatic ring is 1. The van der Waals surface area contributed by atoms with E-state index in [0.29, 0.717) is 5.69 Å². The van der Waals surface area contributed by atoms with Gasteiger partial charge in [0.2, 0.25) is 0 Å². The Bertz CT molecular complexity index is 851. The molecule has 1 fully saturated rings. The lowest BCUT2D eigenvalue weighted by molar-refractivity contribution is 0.123. The third-order valence-corrected chi connectivity index (χ3v) is 4.24. The molecule has 4 rings (SSSR count). The number of fused-ring (bicyclic) bond motifs is 1. The largest absolute Gasteiger partial charge is 0.397 e. The summed E-state index contributed by atoms with van der Waals surface area (Å²) in [4.78, 5) is 11.2. The van der Waals surface area contributed by atoms with Crippen molar-refractivity contribution in [3.63, 3.8) is 0 Å². The molecule has 0 radical (unpaired) electrons. The van der Waals surface area contributed by atoms with Crippen LogP contribution in [0.25, 0.3) is 16.8 Å². The van der Waals surface area contributed by atoms with Crippen LogP contribution in [-0.4, -0.2) is 40.7 Å². The van der Waals surface area contributed by atoms with Crippen molar-refractivity contribution in [2.45, 2.75) is 6.92 Å². The van der Waals surface area contributed by atoms with Gasteiger partial charge in [0.1, 0.15) is 0 Å². The van der Waals surface area contributed by atoms with Crippen molar-refractivity contribution in [2.75, 3.05) is 36.9 Å². The van der Waals surface area contributed by atoms with Crippen molar-refractivity contribution in [1.82, 2.24) is 14.4 Å². The fourth-order valence-corrected chi connectivity index (χ4v) is 3.04. The fraction of sp³-hybridized carbons (Fsp3) is 0.294. The molecule has 1 aliphatic rings. The van der Waals surface area contributed by atoms with Crippen LogP contribution in [0.5, 0.6) is 0 Å². The van der Waals surface area contributed by atoms with Crippen molar-refractivity contribution < 1.29 is 4.74 Å². The SMILES string of the molecule is Cc1ncc(N)cc1-c1cc(N2CCOCC2)c2nccn2c1. The van der Waals surface area contributed by atoms with Crippen LogP contribution in [0.4, 0.5) is 11.4 Å². The van der Waals surface area contributed by atoms with Crippen LogP contribution in [0.2, 0.25) is 0 Å². The predicted molar refractivity (Wildman–Crippen MR) is 90.6 cm³/mol. The van der Waals surface area contributed by atoms with Crippen LogP contribution in [-0.2, 0) is 4.74 Å². The van der Waals surface area contributed by atoms with Crippen LogP contribution in [0.15, 0.2) is 36.9 Å². The van der Waals surface area contributed by atoms with Crippen LogP contribution in [0, 0.1) is 6.92 Å². The molecule has 3 aromatic rings. The van der Waals surface area contributed by atoms with Gasteiger partial charge in [-0.05, 0) is 19.1 Å². The summed E-state index contributed by atoms with van der Waals surface area (Å²) in [6.07, 6.45) is 7.57. The highest BCUT2D eigenvalue weighted by Gasteiger charge is 2.17. The molecule has 2 N–H and O–H groups in total. The summed E-state index contributed by atoms with van der Waals surface area (Å²) < 4.78 is 7.53. The molecule has 0 saturated carbocycles. The molecule has 0 aliphatic carbocycles. The summed E-state index contributed by atoms with van der Waals surface area (Å²) in [5.74, 6) is 0. The summed E-state index contributed by atoms with van der Waals surface area (Å²) in [5, 5.41) is 0. The maximum Gasteiger partial charge on any atom is 0.160 e. The average molecular weight is 309 g/mol. The van der Waals surface area contributed by atoms with E-state index in [4.69, 9.17) is 10.5 Å². The Balaban J connectivity index is 1.89. The summed E-state index contributed by atoms with van der Waals surface area (Å²) in [7, 11) is 0. The average Bonchev–Trinajstić information content (AvgIpc) is 3.05. The van der Waals surface area contributed by atoms with Crippen LogP contribution in [0.1, 0.15) is 5.69 Å². The van der Waals surface area contributed by atoms with Crippen LogP contribution < -0.4 is 10.6 Å². The highest BCUT2D eigenvalue weighted by molar-refractivity contribution is 5.79. The Morgan fingerprint density at radius 2 is 2.00 bits per heavy atom. The molecule has 118 valence electrons. The summed E-state index contributed by atoms with van der Waals surface area (Å²) in [6, 6.07) is 4.15. The number of morpholine rings is 1. The van der Waals surface area contributed by atoms with E-state index < -0.39 is 0 Å². The third-order valence-electron chi connectivity index (χ3n) is 4.24. The number of aryl methyl sites for hydroxylation is 1. The van der Waals surface area contributed by atoms with E-state index in [1.165, 1.54) is 0 Å². The highest BCUT2D eigenvalue weighted by atomic mass is 16.5. The number of anilines is 2. The lowest BCUT2D eigenvalue weighted by atomic mass is 10.1. The molecule has 0 unspecified atom stereocenters. The number of aromatic nitrogens is 3. The molecular formula is C17H19N5O. The minimum Gasteiger partial charge on any atom is -0.397 e. The normalized spacial score (nSPS) is 15.3. The van der Waals surface area contributed by atoms with Gasteiger partial charge in [-0.1, -0.05) is 0 Å². The number of rotatable bonds is 2. The molecule has 4 heterocycles. The first-order chi connectivity index (χ1) is 11.2. The predicted octanol–water partition coefficient (Wildman–Crippen LogP) is 2.12. The maximum absolute atomic E-state index is 5.93. The first-order valence-corrected chi connectivity index (χ1v) is 7.74. The molecule has 3 aromatic heterocycles. The first-order valence-electron chi connectivity index (χ1n) is 7.74. The number of hydrogen-bond acceptors (Lipinski definition) is 5.